The smallest absolute Gasteiger partial charge is 0.234 e. The Balaban J connectivity index is 1.86. The number of halogens is 2. The first-order valence-electron chi connectivity index (χ1n) is 6.04. The van der Waals surface area contributed by atoms with Crippen molar-refractivity contribution in [2.24, 2.45) is 0 Å². The largest absolute Gasteiger partial charge is 0.352 e. The highest BCUT2D eigenvalue weighted by atomic mass is 79.9. The molecule has 1 aliphatic carbocycles. The lowest BCUT2D eigenvalue weighted by atomic mass is 10.1. The topological polar surface area (TPSA) is 41.1 Å². The van der Waals surface area contributed by atoms with Crippen LogP contribution in [0.25, 0.3) is 0 Å². The summed E-state index contributed by atoms with van der Waals surface area (Å²) in [6.07, 6.45) is 2.18. The van der Waals surface area contributed by atoms with Crippen molar-refractivity contribution in [1.82, 2.24) is 10.6 Å². The van der Waals surface area contributed by atoms with Gasteiger partial charge in [-0.2, -0.15) is 0 Å². The Kier molecular flexibility index (Phi) is 4.35. The van der Waals surface area contributed by atoms with Crippen LogP contribution < -0.4 is 10.6 Å². The normalized spacial score (nSPS) is 16.4. The van der Waals surface area contributed by atoms with Crippen molar-refractivity contribution in [3.63, 3.8) is 0 Å². The van der Waals surface area contributed by atoms with Gasteiger partial charge < -0.3 is 10.6 Å². The van der Waals surface area contributed by atoms with Crippen LogP contribution in [0.4, 0.5) is 4.39 Å². The van der Waals surface area contributed by atoms with Crippen molar-refractivity contribution in [1.29, 1.82) is 0 Å². The molecule has 1 unspecified atom stereocenters. The van der Waals surface area contributed by atoms with Gasteiger partial charge >= 0.3 is 0 Å². The fraction of sp³-hybridized carbons (Fsp3) is 0.462. The second-order valence-corrected chi connectivity index (χ2v) is 5.46. The SMILES string of the molecule is CC(NCC(=O)NC1CC1)c1ccc(F)cc1Br. The number of nitrogens with one attached hydrogen (secondary N) is 2. The number of amides is 1. The molecule has 1 aliphatic rings. The Hall–Kier alpha value is -0.940. The molecule has 0 radical (unpaired) electrons. The van der Waals surface area contributed by atoms with E-state index in [-0.39, 0.29) is 24.3 Å². The number of carbonyl (C=O) groups is 1. The van der Waals surface area contributed by atoms with E-state index in [1.54, 1.807) is 6.07 Å². The summed E-state index contributed by atoms with van der Waals surface area (Å²) in [7, 11) is 0. The van der Waals surface area contributed by atoms with Gasteiger partial charge in [0, 0.05) is 16.6 Å². The summed E-state index contributed by atoms with van der Waals surface area (Å²) in [5.41, 5.74) is 0.940. The van der Waals surface area contributed by atoms with Gasteiger partial charge in [0.2, 0.25) is 5.91 Å². The first-order valence-corrected chi connectivity index (χ1v) is 6.83. The molecule has 1 atom stereocenters. The molecular formula is C13H16BrFN2O. The maximum atomic E-state index is 13.0. The summed E-state index contributed by atoms with van der Waals surface area (Å²) >= 11 is 3.32. The molecule has 3 nitrogen and oxygen atoms in total. The average Bonchev–Trinajstić information content (AvgIpc) is 3.10. The minimum absolute atomic E-state index is 0.00933. The van der Waals surface area contributed by atoms with Gasteiger partial charge in [-0.1, -0.05) is 22.0 Å². The number of hydrogen-bond donors (Lipinski definition) is 2. The Labute approximate surface area is 114 Å². The van der Waals surface area contributed by atoms with E-state index in [1.807, 2.05) is 6.92 Å². The Morgan fingerprint density at radius 3 is 2.89 bits per heavy atom. The summed E-state index contributed by atoms with van der Waals surface area (Å²) in [6, 6.07) is 4.94. The minimum atomic E-state index is -0.274. The van der Waals surface area contributed by atoms with Crippen molar-refractivity contribution < 1.29 is 9.18 Å². The molecule has 18 heavy (non-hydrogen) atoms. The first-order chi connectivity index (χ1) is 8.56. The van der Waals surface area contributed by atoms with Gasteiger partial charge in [-0.15, -0.1) is 0 Å². The van der Waals surface area contributed by atoms with Crippen LogP contribution in [0.15, 0.2) is 22.7 Å². The van der Waals surface area contributed by atoms with Crippen LogP contribution in [0.1, 0.15) is 31.4 Å². The predicted molar refractivity (Wildman–Crippen MR) is 71.7 cm³/mol. The quantitative estimate of drug-likeness (QED) is 0.877. The van der Waals surface area contributed by atoms with E-state index in [4.69, 9.17) is 0 Å². The first kappa shape index (κ1) is 13.5. The van der Waals surface area contributed by atoms with E-state index >= 15 is 0 Å². The van der Waals surface area contributed by atoms with Crippen LogP contribution in [-0.4, -0.2) is 18.5 Å². The summed E-state index contributed by atoms with van der Waals surface area (Å²) in [6.45, 7) is 2.23. The summed E-state index contributed by atoms with van der Waals surface area (Å²) in [4.78, 5) is 11.5. The molecule has 0 spiro atoms. The van der Waals surface area contributed by atoms with Crippen molar-refractivity contribution in [3.8, 4) is 0 Å². The molecule has 2 rings (SSSR count). The van der Waals surface area contributed by atoms with E-state index < -0.39 is 0 Å². The van der Waals surface area contributed by atoms with Crippen LogP contribution in [0.3, 0.4) is 0 Å². The molecule has 2 N–H and O–H groups in total. The zero-order valence-electron chi connectivity index (χ0n) is 10.2. The number of rotatable bonds is 5. The predicted octanol–water partition coefficient (Wildman–Crippen LogP) is 2.52. The molecule has 1 fully saturated rings. The lowest BCUT2D eigenvalue weighted by molar-refractivity contribution is -0.120. The lowest BCUT2D eigenvalue weighted by Gasteiger charge is -2.15. The molecule has 1 aromatic carbocycles. The van der Waals surface area contributed by atoms with E-state index in [1.165, 1.54) is 12.1 Å². The number of carbonyl (C=O) groups excluding carboxylic acids is 1. The van der Waals surface area contributed by atoms with Crippen LogP contribution in [0, 0.1) is 5.82 Å². The zero-order chi connectivity index (χ0) is 13.1. The van der Waals surface area contributed by atoms with Crippen molar-refractivity contribution in [2.45, 2.75) is 31.8 Å². The van der Waals surface area contributed by atoms with Crippen LogP contribution >= 0.6 is 15.9 Å². The van der Waals surface area contributed by atoms with E-state index in [0.29, 0.717) is 10.5 Å². The van der Waals surface area contributed by atoms with Gasteiger partial charge in [-0.3, -0.25) is 4.79 Å². The van der Waals surface area contributed by atoms with Gasteiger partial charge in [0.1, 0.15) is 5.82 Å². The van der Waals surface area contributed by atoms with Gasteiger partial charge in [0.25, 0.3) is 0 Å². The van der Waals surface area contributed by atoms with Crippen LogP contribution in [0.2, 0.25) is 0 Å². The molecule has 0 heterocycles. The standard InChI is InChI=1S/C13H16BrFN2O/c1-8(11-5-2-9(15)6-12(11)14)16-7-13(18)17-10-3-4-10/h2,5-6,8,10,16H,3-4,7H2,1H3,(H,17,18). The third kappa shape index (κ3) is 3.78. The number of hydrogen-bond acceptors (Lipinski definition) is 2. The molecule has 5 heteroatoms. The number of benzene rings is 1. The Morgan fingerprint density at radius 2 is 2.28 bits per heavy atom. The second-order valence-electron chi connectivity index (χ2n) is 4.61. The fourth-order valence-corrected chi connectivity index (χ4v) is 2.41. The highest BCUT2D eigenvalue weighted by molar-refractivity contribution is 9.10. The zero-order valence-corrected chi connectivity index (χ0v) is 11.8. The highest BCUT2D eigenvalue weighted by Crippen LogP contribution is 2.24. The van der Waals surface area contributed by atoms with Crippen molar-refractivity contribution in [2.75, 3.05) is 6.54 Å². The molecule has 1 aromatic rings. The van der Waals surface area contributed by atoms with Crippen LogP contribution in [0.5, 0.6) is 0 Å². The van der Waals surface area contributed by atoms with Gasteiger partial charge in [-0.25, -0.2) is 4.39 Å². The summed E-state index contributed by atoms with van der Waals surface area (Å²) in [5.74, 6) is -0.258. The van der Waals surface area contributed by atoms with Gasteiger partial charge in [0.15, 0.2) is 0 Å². The van der Waals surface area contributed by atoms with Gasteiger partial charge in [0.05, 0.1) is 6.54 Å². The molecular weight excluding hydrogens is 299 g/mol. The lowest BCUT2D eigenvalue weighted by Crippen LogP contribution is -2.36. The van der Waals surface area contributed by atoms with E-state index in [2.05, 4.69) is 26.6 Å². The monoisotopic (exact) mass is 314 g/mol. The third-order valence-electron chi connectivity index (χ3n) is 2.94. The minimum Gasteiger partial charge on any atom is -0.352 e. The van der Waals surface area contributed by atoms with Crippen molar-refractivity contribution in [3.05, 3.63) is 34.1 Å². The maximum Gasteiger partial charge on any atom is 0.234 e. The van der Waals surface area contributed by atoms with E-state index in [0.717, 1.165) is 18.4 Å². The van der Waals surface area contributed by atoms with Gasteiger partial charge in [-0.05, 0) is 37.5 Å². The average molecular weight is 315 g/mol. The third-order valence-corrected chi connectivity index (χ3v) is 3.63. The maximum absolute atomic E-state index is 13.0. The molecule has 0 saturated heterocycles. The highest BCUT2D eigenvalue weighted by Gasteiger charge is 2.23. The molecule has 98 valence electrons. The molecule has 1 saturated carbocycles. The Bertz CT molecular complexity index is 449. The summed E-state index contributed by atoms with van der Waals surface area (Å²) < 4.78 is 13.7. The molecule has 1 amide bonds. The Morgan fingerprint density at radius 1 is 1.56 bits per heavy atom. The molecule has 0 bridgehead atoms. The summed E-state index contributed by atoms with van der Waals surface area (Å²) in [5, 5.41) is 6.04. The van der Waals surface area contributed by atoms with E-state index in [9.17, 15) is 9.18 Å². The second kappa shape index (κ2) is 5.80. The molecule has 0 aliphatic heterocycles. The van der Waals surface area contributed by atoms with Crippen molar-refractivity contribution >= 4 is 21.8 Å². The molecule has 0 aromatic heterocycles. The van der Waals surface area contributed by atoms with Crippen LogP contribution in [-0.2, 0) is 4.79 Å². The fourth-order valence-electron chi connectivity index (χ4n) is 1.71.